The van der Waals surface area contributed by atoms with Gasteiger partial charge in [0, 0.05) is 6.42 Å². The van der Waals surface area contributed by atoms with E-state index in [0.717, 1.165) is 18.8 Å². The Hall–Kier alpha value is -0.770. The molecule has 1 aliphatic carbocycles. The highest BCUT2D eigenvalue weighted by Gasteiger charge is 2.49. The molecule has 0 radical (unpaired) electrons. The third kappa shape index (κ3) is 5.31. The molecule has 1 saturated heterocycles. The number of unbranched alkanes of at least 4 members (excludes halogenated alkanes) is 3. The summed E-state index contributed by atoms with van der Waals surface area (Å²) in [5.41, 5.74) is 0. The van der Waals surface area contributed by atoms with Crippen molar-refractivity contribution in [1.29, 1.82) is 0 Å². The second-order valence-electron chi connectivity index (χ2n) is 6.47. The van der Waals surface area contributed by atoms with Gasteiger partial charge in [-0.05, 0) is 26.2 Å². The monoisotopic (exact) mass is 284 g/mol. The average molecular weight is 284 g/mol. The van der Waals surface area contributed by atoms with Crippen molar-refractivity contribution < 1.29 is 19.0 Å². The van der Waals surface area contributed by atoms with E-state index in [-0.39, 0.29) is 6.10 Å². The zero-order valence-electron chi connectivity index (χ0n) is 12.9. The van der Waals surface area contributed by atoms with Gasteiger partial charge in [0.25, 0.3) is 0 Å². The highest BCUT2D eigenvalue weighted by atomic mass is 16.9. The van der Waals surface area contributed by atoms with Crippen LogP contribution in [0.2, 0.25) is 0 Å². The summed E-state index contributed by atoms with van der Waals surface area (Å²) in [6.07, 6.45) is 10.6. The number of epoxide rings is 1. The molecule has 4 nitrogen and oxygen atoms in total. The van der Waals surface area contributed by atoms with E-state index in [9.17, 15) is 4.79 Å². The van der Waals surface area contributed by atoms with Crippen molar-refractivity contribution in [3.8, 4) is 0 Å². The molecular formula is C16H28O4. The summed E-state index contributed by atoms with van der Waals surface area (Å²) in [6.45, 7) is 4.13. The van der Waals surface area contributed by atoms with Crippen molar-refractivity contribution in [2.75, 3.05) is 6.61 Å². The van der Waals surface area contributed by atoms with Crippen molar-refractivity contribution in [3.05, 3.63) is 0 Å². The van der Waals surface area contributed by atoms with Gasteiger partial charge in [-0.3, -0.25) is 0 Å². The van der Waals surface area contributed by atoms with Gasteiger partial charge in [-0.1, -0.05) is 44.9 Å². The van der Waals surface area contributed by atoms with Crippen LogP contribution in [-0.2, 0) is 14.2 Å². The predicted octanol–water partition coefficient (Wildman–Crippen LogP) is 4.42. The minimum atomic E-state index is -0.667. The van der Waals surface area contributed by atoms with Crippen molar-refractivity contribution in [1.82, 2.24) is 0 Å². The second-order valence-corrected chi connectivity index (χ2v) is 6.47. The number of ether oxygens (including phenoxy) is 3. The van der Waals surface area contributed by atoms with E-state index in [1.807, 2.05) is 13.8 Å². The summed E-state index contributed by atoms with van der Waals surface area (Å²) in [4.78, 5) is 11.4. The maximum absolute atomic E-state index is 11.4. The molecule has 1 unspecified atom stereocenters. The fourth-order valence-corrected chi connectivity index (χ4v) is 2.67. The Morgan fingerprint density at radius 1 is 1.25 bits per heavy atom. The molecule has 2 fully saturated rings. The van der Waals surface area contributed by atoms with Crippen LogP contribution < -0.4 is 0 Å². The van der Waals surface area contributed by atoms with E-state index in [1.165, 1.54) is 44.9 Å². The Morgan fingerprint density at radius 2 is 1.95 bits per heavy atom. The number of carbonyl (C=O) groups is 1. The van der Waals surface area contributed by atoms with Gasteiger partial charge in [0.15, 0.2) is 0 Å². The van der Waals surface area contributed by atoms with Crippen LogP contribution in [0.5, 0.6) is 0 Å². The maximum atomic E-state index is 11.4. The lowest BCUT2D eigenvalue weighted by molar-refractivity contribution is -0.0485. The van der Waals surface area contributed by atoms with Gasteiger partial charge >= 0.3 is 6.16 Å². The van der Waals surface area contributed by atoms with Crippen LogP contribution in [0.4, 0.5) is 4.79 Å². The largest absolute Gasteiger partial charge is 0.511 e. The normalized spacial score (nSPS) is 25.4. The fraction of sp³-hybridized carbons (Fsp3) is 0.938. The van der Waals surface area contributed by atoms with E-state index in [4.69, 9.17) is 14.2 Å². The quantitative estimate of drug-likeness (QED) is 0.357. The highest BCUT2D eigenvalue weighted by molar-refractivity contribution is 5.60. The Morgan fingerprint density at radius 3 is 2.50 bits per heavy atom. The van der Waals surface area contributed by atoms with Crippen LogP contribution in [-0.4, -0.2) is 24.7 Å². The van der Waals surface area contributed by atoms with Crippen LogP contribution in [0.25, 0.3) is 0 Å². The van der Waals surface area contributed by atoms with Crippen LogP contribution in [0.15, 0.2) is 0 Å². The molecule has 0 bridgehead atoms. The smallest absolute Gasteiger partial charge is 0.432 e. The molecule has 2 aliphatic rings. The molecule has 4 heteroatoms. The topological polar surface area (TPSA) is 48.1 Å². The van der Waals surface area contributed by atoms with Gasteiger partial charge < -0.3 is 14.2 Å². The van der Waals surface area contributed by atoms with E-state index >= 15 is 0 Å². The van der Waals surface area contributed by atoms with Crippen molar-refractivity contribution in [3.63, 3.8) is 0 Å². The average Bonchev–Trinajstić information content (AvgIpc) is 3.04. The molecule has 0 aromatic carbocycles. The van der Waals surface area contributed by atoms with Gasteiger partial charge in [-0.15, -0.1) is 0 Å². The van der Waals surface area contributed by atoms with Crippen molar-refractivity contribution >= 4 is 6.16 Å². The molecule has 0 amide bonds. The van der Waals surface area contributed by atoms with Gasteiger partial charge in [0.2, 0.25) is 5.79 Å². The SMILES string of the molecule is CC(C)OC(=O)OC1(CCCCCCC2CCC2)CO1. The summed E-state index contributed by atoms with van der Waals surface area (Å²) >= 11 is 0. The van der Waals surface area contributed by atoms with Gasteiger partial charge in [-0.25, -0.2) is 4.79 Å². The Bertz CT molecular complexity index is 306. The molecule has 1 atom stereocenters. The first-order chi connectivity index (χ1) is 9.60. The van der Waals surface area contributed by atoms with Crippen LogP contribution in [0.1, 0.15) is 71.6 Å². The standard InChI is InChI=1S/C16H28O4/c1-13(2)19-15(17)20-16(12-18-16)11-6-4-3-5-8-14-9-7-10-14/h13-14H,3-12H2,1-2H3. The van der Waals surface area contributed by atoms with Gasteiger partial charge in [0.1, 0.15) is 6.61 Å². The predicted molar refractivity (Wildman–Crippen MR) is 76.4 cm³/mol. The van der Waals surface area contributed by atoms with Crippen molar-refractivity contribution in [2.24, 2.45) is 5.92 Å². The third-order valence-corrected chi connectivity index (χ3v) is 4.21. The molecule has 0 spiro atoms. The Labute approximate surface area is 122 Å². The Kier molecular flexibility index (Phi) is 5.70. The minimum Gasteiger partial charge on any atom is -0.432 e. The molecule has 1 heterocycles. The van der Waals surface area contributed by atoms with Crippen LogP contribution in [0, 0.1) is 5.92 Å². The fourth-order valence-electron chi connectivity index (χ4n) is 2.67. The molecule has 0 N–H and O–H groups in total. The molecule has 1 aliphatic heterocycles. The molecule has 20 heavy (non-hydrogen) atoms. The second kappa shape index (κ2) is 7.30. The summed E-state index contributed by atoms with van der Waals surface area (Å²) in [5, 5.41) is 0. The molecule has 2 rings (SSSR count). The first-order valence-corrected chi connectivity index (χ1v) is 8.13. The van der Waals surface area contributed by atoms with E-state index in [0.29, 0.717) is 6.61 Å². The maximum Gasteiger partial charge on any atom is 0.511 e. The van der Waals surface area contributed by atoms with E-state index < -0.39 is 11.9 Å². The third-order valence-electron chi connectivity index (χ3n) is 4.21. The van der Waals surface area contributed by atoms with Crippen LogP contribution in [0.3, 0.4) is 0 Å². The van der Waals surface area contributed by atoms with E-state index in [1.54, 1.807) is 0 Å². The van der Waals surface area contributed by atoms with Gasteiger partial charge in [0.05, 0.1) is 6.10 Å². The van der Waals surface area contributed by atoms with Gasteiger partial charge in [-0.2, -0.15) is 0 Å². The zero-order chi connectivity index (χ0) is 14.4. The summed E-state index contributed by atoms with van der Waals surface area (Å²) < 4.78 is 15.5. The molecule has 0 aromatic heterocycles. The number of carbonyl (C=O) groups excluding carboxylic acids is 1. The highest BCUT2D eigenvalue weighted by Crippen LogP contribution is 2.35. The number of rotatable bonds is 9. The molecule has 0 aromatic rings. The number of hydrogen-bond donors (Lipinski definition) is 0. The van der Waals surface area contributed by atoms with Crippen LogP contribution >= 0.6 is 0 Å². The summed E-state index contributed by atoms with van der Waals surface area (Å²) in [7, 11) is 0. The molecular weight excluding hydrogens is 256 g/mol. The lowest BCUT2D eigenvalue weighted by atomic mass is 9.81. The number of hydrogen-bond acceptors (Lipinski definition) is 4. The first-order valence-electron chi connectivity index (χ1n) is 8.13. The zero-order valence-corrected chi connectivity index (χ0v) is 12.9. The van der Waals surface area contributed by atoms with Crippen molar-refractivity contribution in [2.45, 2.75) is 83.5 Å². The van der Waals surface area contributed by atoms with E-state index in [2.05, 4.69) is 0 Å². The lowest BCUT2D eigenvalue weighted by Gasteiger charge is -2.25. The minimum absolute atomic E-state index is 0.148. The molecule has 116 valence electrons. The Balaban J connectivity index is 1.48. The summed E-state index contributed by atoms with van der Waals surface area (Å²) in [6, 6.07) is 0. The molecule has 1 saturated carbocycles. The summed E-state index contributed by atoms with van der Waals surface area (Å²) in [5.74, 6) is 0.349. The lowest BCUT2D eigenvalue weighted by Crippen LogP contribution is -2.24. The first kappa shape index (κ1) is 15.6.